The van der Waals surface area contributed by atoms with Crippen LogP contribution in [0.3, 0.4) is 0 Å². The molecule has 1 aliphatic rings. The fraction of sp³-hybridized carbons (Fsp3) is 0.400. The molecule has 0 unspecified atom stereocenters. The predicted molar refractivity (Wildman–Crippen MR) is 80.5 cm³/mol. The average Bonchev–Trinajstić information content (AvgIpc) is 2.55. The minimum absolute atomic E-state index is 0.198. The van der Waals surface area contributed by atoms with Gasteiger partial charge >= 0.3 is 5.97 Å². The SMILES string of the molecule is COC(=O)c1ccccc1NC(=O)CN1CCN(C=O)CC1. The number of hydrogen-bond acceptors (Lipinski definition) is 5. The van der Waals surface area contributed by atoms with E-state index in [9.17, 15) is 14.4 Å². The maximum absolute atomic E-state index is 12.1. The molecular formula is C15H19N3O4. The Morgan fingerprint density at radius 3 is 2.55 bits per heavy atom. The number of carbonyl (C=O) groups is 3. The summed E-state index contributed by atoms with van der Waals surface area (Å²) in [5, 5.41) is 2.73. The number of ether oxygens (including phenoxy) is 1. The lowest BCUT2D eigenvalue weighted by Crippen LogP contribution is -2.48. The minimum Gasteiger partial charge on any atom is -0.465 e. The number of esters is 1. The van der Waals surface area contributed by atoms with Gasteiger partial charge in [0, 0.05) is 26.2 Å². The summed E-state index contributed by atoms with van der Waals surface area (Å²) in [6.07, 6.45) is 0.823. The first-order chi connectivity index (χ1) is 10.6. The molecule has 0 atom stereocenters. The lowest BCUT2D eigenvalue weighted by molar-refractivity contribution is -0.120. The van der Waals surface area contributed by atoms with E-state index in [2.05, 4.69) is 5.32 Å². The van der Waals surface area contributed by atoms with E-state index < -0.39 is 5.97 Å². The van der Waals surface area contributed by atoms with Gasteiger partial charge in [-0.05, 0) is 12.1 Å². The van der Waals surface area contributed by atoms with Crippen molar-refractivity contribution in [1.82, 2.24) is 9.80 Å². The number of piperazine rings is 1. The Morgan fingerprint density at radius 1 is 1.23 bits per heavy atom. The Balaban J connectivity index is 1.93. The van der Waals surface area contributed by atoms with E-state index in [0.29, 0.717) is 37.4 Å². The van der Waals surface area contributed by atoms with Gasteiger partial charge in [-0.15, -0.1) is 0 Å². The maximum Gasteiger partial charge on any atom is 0.339 e. The lowest BCUT2D eigenvalue weighted by atomic mass is 10.2. The van der Waals surface area contributed by atoms with Crippen molar-refractivity contribution in [1.29, 1.82) is 0 Å². The second-order valence-electron chi connectivity index (χ2n) is 5.00. The number of amides is 2. The standard InChI is InChI=1S/C15H19N3O4/c1-22-15(21)12-4-2-3-5-13(12)16-14(20)10-17-6-8-18(11-19)9-7-17/h2-5,11H,6-10H2,1H3,(H,16,20). The summed E-state index contributed by atoms with van der Waals surface area (Å²) < 4.78 is 4.69. The molecule has 0 aromatic heterocycles. The zero-order valence-corrected chi connectivity index (χ0v) is 12.4. The Hall–Kier alpha value is -2.41. The third-order valence-electron chi connectivity index (χ3n) is 3.53. The van der Waals surface area contributed by atoms with E-state index >= 15 is 0 Å². The van der Waals surface area contributed by atoms with Crippen LogP contribution in [0.15, 0.2) is 24.3 Å². The molecule has 7 nitrogen and oxygen atoms in total. The number of nitrogens with one attached hydrogen (secondary N) is 1. The monoisotopic (exact) mass is 305 g/mol. The number of carbonyl (C=O) groups excluding carboxylic acids is 3. The van der Waals surface area contributed by atoms with Gasteiger partial charge in [-0.1, -0.05) is 12.1 Å². The van der Waals surface area contributed by atoms with Crippen molar-refractivity contribution in [2.24, 2.45) is 0 Å². The molecule has 0 bridgehead atoms. The van der Waals surface area contributed by atoms with Crippen LogP contribution in [0, 0.1) is 0 Å². The molecule has 1 aromatic carbocycles. The highest BCUT2D eigenvalue weighted by molar-refractivity contribution is 6.01. The topological polar surface area (TPSA) is 79.0 Å². The quantitative estimate of drug-likeness (QED) is 0.620. The van der Waals surface area contributed by atoms with Gasteiger partial charge in [0.1, 0.15) is 0 Å². The number of methoxy groups -OCH3 is 1. The first-order valence-electron chi connectivity index (χ1n) is 7.03. The van der Waals surface area contributed by atoms with E-state index in [-0.39, 0.29) is 12.5 Å². The fourth-order valence-corrected chi connectivity index (χ4v) is 2.30. The van der Waals surface area contributed by atoms with Crippen LogP contribution >= 0.6 is 0 Å². The number of anilines is 1. The van der Waals surface area contributed by atoms with Crippen molar-refractivity contribution in [3.8, 4) is 0 Å². The highest BCUT2D eigenvalue weighted by atomic mass is 16.5. The van der Waals surface area contributed by atoms with Crippen molar-refractivity contribution in [3.63, 3.8) is 0 Å². The molecule has 1 aliphatic heterocycles. The van der Waals surface area contributed by atoms with Crippen molar-refractivity contribution in [2.45, 2.75) is 0 Å². The molecule has 0 saturated carbocycles. The molecule has 1 saturated heterocycles. The summed E-state index contributed by atoms with van der Waals surface area (Å²) in [5.41, 5.74) is 0.759. The van der Waals surface area contributed by atoms with Crippen molar-refractivity contribution in [3.05, 3.63) is 29.8 Å². The van der Waals surface area contributed by atoms with E-state index in [1.54, 1.807) is 29.2 Å². The largest absolute Gasteiger partial charge is 0.465 e. The molecule has 2 rings (SSSR count). The lowest BCUT2D eigenvalue weighted by Gasteiger charge is -2.31. The van der Waals surface area contributed by atoms with Crippen LogP contribution in [0.5, 0.6) is 0 Å². The molecule has 1 N–H and O–H groups in total. The third-order valence-corrected chi connectivity index (χ3v) is 3.53. The minimum atomic E-state index is -0.490. The molecule has 1 aromatic rings. The molecule has 2 amide bonds. The Bertz CT molecular complexity index is 553. The van der Waals surface area contributed by atoms with Gasteiger partial charge in [-0.2, -0.15) is 0 Å². The maximum atomic E-state index is 12.1. The predicted octanol–water partition coefficient (Wildman–Crippen LogP) is 0.186. The Kier molecular flexibility index (Phi) is 5.48. The fourth-order valence-electron chi connectivity index (χ4n) is 2.30. The molecule has 118 valence electrons. The summed E-state index contributed by atoms with van der Waals surface area (Å²) in [7, 11) is 1.30. The van der Waals surface area contributed by atoms with Crippen molar-refractivity contribution in [2.75, 3.05) is 45.2 Å². The highest BCUT2D eigenvalue weighted by Gasteiger charge is 2.19. The van der Waals surface area contributed by atoms with E-state index in [1.807, 2.05) is 4.90 Å². The summed E-state index contributed by atoms with van der Waals surface area (Å²) in [5.74, 6) is -0.689. The summed E-state index contributed by atoms with van der Waals surface area (Å²) in [6, 6.07) is 6.71. The molecular weight excluding hydrogens is 286 g/mol. The molecule has 7 heteroatoms. The van der Waals surface area contributed by atoms with Gasteiger partial charge in [-0.3, -0.25) is 14.5 Å². The number of hydrogen-bond donors (Lipinski definition) is 1. The van der Waals surface area contributed by atoms with Crippen LogP contribution in [0.2, 0.25) is 0 Å². The van der Waals surface area contributed by atoms with E-state index in [0.717, 1.165) is 6.41 Å². The van der Waals surface area contributed by atoms with Gasteiger partial charge in [0.05, 0.1) is 24.9 Å². The average molecular weight is 305 g/mol. The molecule has 1 fully saturated rings. The van der Waals surface area contributed by atoms with E-state index in [1.165, 1.54) is 7.11 Å². The van der Waals surface area contributed by atoms with Crippen molar-refractivity contribution >= 4 is 24.0 Å². The van der Waals surface area contributed by atoms with Crippen molar-refractivity contribution < 1.29 is 19.1 Å². The first-order valence-corrected chi connectivity index (χ1v) is 7.03. The first kappa shape index (κ1) is 16.0. The van der Waals surface area contributed by atoms with Gasteiger partial charge in [0.2, 0.25) is 12.3 Å². The van der Waals surface area contributed by atoms with Crippen LogP contribution in [0.4, 0.5) is 5.69 Å². The van der Waals surface area contributed by atoms with Crippen LogP contribution in [0.25, 0.3) is 0 Å². The molecule has 0 spiro atoms. The van der Waals surface area contributed by atoms with Gasteiger partial charge in [-0.25, -0.2) is 4.79 Å². The van der Waals surface area contributed by atoms with Gasteiger partial charge < -0.3 is 15.0 Å². The number of rotatable bonds is 5. The van der Waals surface area contributed by atoms with Gasteiger partial charge in [0.25, 0.3) is 0 Å². The summed E-state index contributed by atoms with van der Waals surface area (Å²) >= 11 is 0. The molecule has 0 radical (unpaired) electrons. The molecule has 1 heterocycles. The molecule has 22 heavy (non-hydrogen) atoms. The second-order valence-corrected chi connectivity index (χ2v) is 5.00. The number of para-hydroxylation sites is 1. The highest BCUT2D eigenvalue weighted by Crippen LogP contribution is 2.16. The van der Waals surface area contributed by atoms with Gasteiger partial charge in [0.15, 0.2) is 0 Å². The van der Waals surface area contributed by atoms with Crippen LogP contribution in [-0.2, 0) is 14.3 Å². The third kappa shape index (κ3) is 4.05. The zero-order valence-electron chi connectivity index (χ0n) is 12.4. The number of nitrogens with zero attached hydrogens (tertiary/aromatic N) is 2. The van der Waals surface area contributed by atoms with Crippen LogP contribution < -0.4 is 5.32 Å². The summed E-state index contributed by atoms with van der Waals surface area (Å²) in [6.45, 7) is 2.78. The normalized spacial score (nSPS) is 15.2. The smallest absolute Gasteiger partial charge is 0.339 e. The Morgan fingerprint density at radius 2 is 1.91 bits per heavy atom. The zero-order chi connectivity index (χ0) is 15.9. The van der Waals surface area contributed by atoms with E-state index in [4.69, 9.17) is 4.74 Å². The van der Waals surface area contributed by atoms with Crippen LogP contribution in [0.1, 0.15) is 10.4 Å². The van der Waals surface area contributed by atoms with Crippen LogP contribution in [-0.4, -0.2) is 67.9 Å². The summed E-state index contributed by atoms with van der Waals surface area (Å²) in [4.78, 5) is 38.1. The molecule has 0 aliphatic carbocycles. The second kappa shape index (κ2) is 7.56. The number of benzene rings is 1. The Labute approximate surface area is 128 Å².